The first-order valence-electron chi connectivity index (χ1n) is 3.96. The zero-order chi connectivity index (χ0) is 8.06. The lowest BCUT2D eigenvalue weighted by molar-refractivity contribution is -0.127. The van der Waals surface area contributed by atoms with E-state index in [0.717, 1.165) is 5.71 Å². The maximum atomic E-state index is 11.1. The molecule has 0 aromatic carbocycles. The van der Waals surface area contributed by atoms with Gasteiger partial charge in [-0.1, -0.05) is 6.92 Å². The number of hydrazone groups is 1. The summed E-state index contributed by atoms with van der Waals surface area (Å²) in [5.74, 6) is 0.133. The predicted octanol–water partition coefficient (Wildman–Crippen LogP) is 1.00. The van der Waals surface area contributed by atoms with E-state index in [1.165, 1.54) is 17.9 Å². The van der Waals surface area contributed by atoms with Crippen LogP contribution >= 0.6 is 0 Å². The van der Waals surface area contributed by atoms with Crippen LogP contribution in [0.2, 0.25) is 0 Å². The van der Waals surface area contributed by atoms with Crippen molar-refractivity contribution in [1.82, 2.24) is 5.01 Å². The van der Waals surface area contributed by atoms with Gasteiger partial charge in [0.25, 0.3) is 0 Å². The van der Waals surface area contributed by atoms with E-state index in [1.807, 2.05) is 0 Å². The second kappa shape index (κ2) is 1.84. The summed E-state index contributed by atoms with van der Waals surface area (Å²) in [7, 11) is 1.72. The van der Waals surface area contributed by atoms with Crippen molar-refractivity contribution in [1.29, 1.82) is 0 Å². The second-order valence-electron chi connectivity index (χ2n) is 3.70. The molecule has 0 bridgehead atoms. The van der Waals surface area contributed by atoms with E-state index in [-0.39, 0.29) is 11.3 Å². The lowest BCUT2D eigenvalue weighted by Crippen LogP contribution is -2.14. The van der Waals surface area contributed by atoms with Crippen molar-refractivity contribution in [3.63, 3.8) is 0 Å². The minimum atomic E-state index is 0.133. The van der Waals surface area contributed by atoms with Gasteiger partial charge in [-0.15, -0.1) is 0 Å². The Morgan fingerprint density at radius 1 is 1.55 bits per heavy atom. The topological polar surface area (TPSA) is 32.7 Å². The van der Waals surface area contributed by atoms with Crippen LogP contribution in [0, 0.1) is 5.41 Å². The molecule has 2 rings (SSSR count). The van der Waals surface area contributed by atoms with Crippen LogP contribution < -0.4 is 0 Å². The first-order chi connectivity index (χ1) is 5.12. The van der Waals surface area contributed by atoms with Gasteiger partial charge >= 0.3 is 0 Å². The maximum absolute atomic E-state index is 11.1. The van der Waals surface area contributed by atoms with E-state index in [9.17, 15) is 4.79 Å². The van der Waals surface area contributed by atoms with E-state index in [0.29, 0.717) is 6.42 Å². The van der Waals surface area contributed by atoms with Gasteiger partial charge in [0.2, 0.25) is 5.91 Å². The normalized spacial score (nSPS) is 27.3. The Labute approximate surface area is 66.1 Å². The van der Waals surface area contributed by atoms with Gasteiger partial charge in [-0.05, 0) is 12.8 Å². The van der Waals surface area contributed by atoms with Gasteiger partial charge in [-0.3, -0.25) is 4.79 Å². The lowest BCUT2D eigenvalue weighted by atomic mass is 10.0. The molecule has 1 saturated carbocycles. The van der Waals surface area contributed by atoms with Gasteiger partial charge in [0, 0.05) is 12.5 Å². The minimum Gasteiger partial charge on any atom is -0.273 e. The number of carbonyl (C=O) groups is 1. The molecule has 0 aromatic heterocycles. The molecule has 1 aliphatic carbocycles. The average Bonchev–Trinajstić information content (AvgIpc) is 2.59. The van der Waals surface area contributed by atoms with Crippen LogP contribution in [0.5, 0.6) is 0 Å². The first-order valence-corrected chi connectivity index (χ1v) is 3.96. The average molecular weight is 152 g/mol. The highest BCUT2D eigenvalue weighted by Crippen LogP contribution is 2.48. The lowest BCUT2D eigenvalue weighted by Gasteiger charge is -2.03. The Bertz CT molecular complexity index is 240. The molecular formula is C8H12N2O. The molecule has 0 aromatic rings. The van der Waals surface area contributed by atoms with Crippen LogP contribution in [0.3, 0.4) is 0 Å². The summed E-state index contributed by atoms with van der Waals surface area (Å²) in [6.07, 6.45) is 2.95. The number of hydrogen-bond donors (Lipinski definition) is 0. The highest BCUT2D eigenvalue weighted by atomic mass is 16.2. The van der Waals surface area contributed by atoms with Gasteiger partial charge in [0.15, 0.2) is 0 Å². The molecule has 3 nitrogen and oxygen atoms in total. The van der Waals surface area contributed by atoms with Crippen molar-refractivity contribution >= 4 is 11.6 Å². The van der Waals surface area contributed by atoms with Gasteiger partial charge in [0.1, 0.15) is 0 Å². The summed E-state index contributed by atoms with van der Waals surface area (Å²) in [6, 6.07) is 0. The fourth-order valence-corrected chi connectivity index (χ4v) is 1.34. The molecule has 60 valence electrons. The zero-order valence-corrected chi connectivity index (χ0v) is 6.92. The summed E-state index contributed by atoms with van der Waals surface area (Å²) in [5, 5.41) is 5.66. The third-order valence-corrected chi connectivity index (χ3v) is 2.65. The number of nitrogens with zero attached hydrogens (tertiary/aromatic N) is 2. The standard InChI is InChI=1S/C8H12N2O/c1-8(3-4-8)6-5-7(11)10(2)9-6/h3-5H2,1-2H3. The number of rotatable bonds is 1. The molecule has 0 unspecified atom stereocenters. The summed E-state index contributed by atoms with van der Waals surface area (Å²) in [4.78, 5) is 11.1. The third-order valence-electron chi connectivity index (χ3n) is 2.65. The predicted molar refractivity (Wildman–Crippen MR) is 42.2 cm³/mol. The van der Waals surface area contributed by atoms with Gasteiger partial charge in [-0.25, -0.2) is 5.01 Å². The van der Waals surface area contributed by atoms with Crippen molar-refractivity contribution in [3.8, 4) is 0 Å². The van der Waals surface area contributed by atoms with E-state index < -0.39 is 0 Å². The Balaban J connectivity index is 2.18. The molecule has 2 aliphatic rings. The molecule has 0 spiro atoms. The number of hydrogen-bond acceptors (Lipinski definition) is 2. The Morgan fingerprint density at radius 3 is 2.55 bits per heavy atom. The molecule has 1 fully saturated rings. The van der Waals surface area contributed by atoms with Crippen LogP contribution in [-0.4, -0.2) is 23.7 Å². The van der Waals surface area contributed by atoms with Crippen molar-refractivity contribution in [2.24, 2.45) is 10.5 Å². The molecule has 0 radical (unpaired) electrons. The summed E-state index contributed by atoms with van der Waals surface area (Å²) in [6.45, 7) is 2.18. The van der Waals surface area contributed by atoms with Crippen molar-refractivity contribution in [2.45, 2.75) is 26.2 Å². The highest BCUT2D eigenvalue weighted by molar-refractivity contribution is 6.08. The first kappa shape index (κ1) is 6.83. The smallest absolute Gasteiger partial charge is 0.248 e. The van der Waals surface area contributed by atoms with Gasteiger partial charge in [0.05, 0.1) is 12.1 Å². The molecule has 0 atom stereocenters. The summed E-state index contributed by atoms with van der Waals surface area (Å²) >= 11 is 0. The van der Waals surface area contributed by atoms with Crippen molar-refractivity contribution < 1.29 is 4.79 Å². The van der Waals surface area contributed by atoms with E-state index in [1.54, 1.807) is 7.05 Å². The molecule has 1 heterocycles. The van der Waals surface area contributed by atoms with Gasteiger partial charge < -0.3 is 0 Å². The van der Waals surface area contributed by atoms with Crippen LogP contribution in [0.4, 0.5) is 0 Å². The van der Waals surface area contributed by atoms with Crippen molar-refractivity contribution in [2.75, 3.05) is 7.05 Å². The summed E-state index contributed by atoms with van der Waals surface area (Å²) in [5.41, 5.74) is 1.37. The monoisotopic (exact) mass is 152 g/mol. The molecule has 1 aliphatic heterocycles. The second-order valence-corrected chi connectivity index (χ2v) is 3.70. The fourth-order valence-electron chi connectivity index (χ4n) is 1.34. The SMILES string of the molecule is CN1N=C(C2(C)CC2)CC1=O. The molecular weight excluding hydrogens is 140 g/mol. The Morgan fingerprint density at radius 2 is 2.18 bits per heavy atom. The van der Waals surface area contributed by atoms with Crippen LogP contribution in [0.25, 0.3) is 0 Å². The van der Waals surface area contributed by atoms with Crippen LogP contribution in [0.1, 0.15) is 26.2 Å². The van der Waals surface area contributed by atoms with Crippen molar-refractivity contribution in [3.05, 3.63) is 0 Å². The third kappa shape index (κ3) is 0.951. The molecule has 0 N–H and O–H groups in total. The van der Waals surface area contributed by atoms with E-state index in [4.69, 9.17) is 0 Å². The van der Waals surface area contributed by atoms with Gasteiger partial charge in [-0.2, -0.15) is 5.10 Å². The molecule has 11 heavy (non-hydrogen) atoms. The Kier molecular flexibility index (Phi) is 1.14. The summed E-state index contributed by atoms with van der Waals surface area (Å²) < 4.78 is 0. The molecule has 3 heteroatoms. The maximum Gasteiger partial charge on any atom is 0.248 e. The quantitative estimate of drug-likeness (QED) is 0.551. The molecule has 0 saturated heterocycles. The molecule has 1 amide bonds. The largest absolute Gasteiger partial charge is 0.273 e. The van der Waals surface area contributed by atoms with Crippen LogP contribution in [-0.2, 0) is 4.79 Å². The Hall–Kier alpha value is -0.860. The zero-order valence-electron chi connectivity index (χ0n) is 6.92. The number of carbonyl (C=O) groups excluding carboxylic acids is 1. The number of amides is 1. The minimum absolute atomic E-state index is 0.133. The van der Waals surface area contributed by atoms with E-state index in [2.05, 4.69) is 12.0 Å². The van der Waals surface area contributed by atoms with E-state index >= 15 is 0 Å². The highest BCUT2D eigenvalue weighted by Gasteiger charge is 2.45. The van der Waals surface area contributed by atoms with Crippen LogP contribution in [0.15, 0.2) is 5.10 Å². The fraction of sp³-hybridized carbons (Fsp3) is 0.750.